The lowest BCUT2D eigenvalue weighted by Gasteiger charge is -2.20. The molecule has 7 nitrogen and oxygen atoms in total. The molecule has 26 heavy (non-hydrogen) atoms. The highest BCUT2D eigenvalue weighted by Crippen LogP contribution is 2.14. The van der Waals surface area contributed by atoms with E-state index in [1.165, 1.54) is 12.1 Å². The van der Waals surface area contributed by atoms with Crippen LogP contribution in [0.4, 0.5) is 5.69 Å². The van der Waals surface area contributed by atoms with Crippen LogP contribution in [-0.4, -0.2) is 38.9 Å². The zero-order chi connectivity index (χ0) is 19.2. The van der Waals surface area contributed by atoms with E-state index >= 15 is 0 Å². The molecular weight excluding hydrogens is 352 g/mol. The maximum absolute atomic E-state index is 12.3. The Balaban J connectivity index is 1.94. The van der Waals surface area contributed by atoms with Gasteiger partial charge in [-0.3, -0.25) is 9.78 Å². The van der Waals surface area contributed by atoms with E-state index in [9.17, 15) is 13.2 Å². The number of sulfonamides is 1. The van der Waals surface area contributed by atoms with Crippen LogP contribution in [0.1, 0.15) is 29.8 Å². The average molecular weight is 376 g/mol. The van der Waals surface area contributed by atoms with Crippen molar-refractivity contribution >= 4 is 21.6 Å². The number of hydrogen-bond acceptors (Lipinski definition) is 5. The third kappa shape index (κ3) is 5.27. The number of nitrogens with one attached hydrogen (secondary N) is 1. The molecule has 1 aromatic heterocycles. The first-order valence-electron chi connectivity index (χ1n) is 8.45. The molecule has 0 aliphatic heterocycles. The summed E-state index contributed by atoms with van der Waals surface area (Å²) in [6.45, 7) is 6.23. The second-order valence-electron chi connectivity index (χ2n) is 5.80. The van der Waals surface area contributed by atoms with Crippen molar-refractivity contribution in [2.45, 2.75) is 25.2 Å². The van der Waals surface area contributed by atoms with Crippen molar-refractivity contribution in [1.82, 2.24) is 10.3 Å². The normalized spacial score (nSPS) is 11.2. The maximum atomic E-state index is 12.3. The number of hydrogen-bond donors (Lipinski definition) is 2. The molecule has 8 heteroatoms. The lowest BCUT2D eigenvalue weighted by atomic mass is 10.1. The SMILES string of the molecule is CCN(CC)c1cncc(C(=O)NCCc2ccc(S(N)(=O)=O)cc2)c1. The minimum absolute atomic E-state index is 0.0737. The summed E-state index contributed by atoms with van der Waals surface area (Å²) in [6.07, 6.45) is 3.87. The molecule has 0 saturated carbocycles. The molecule has 1 heterocycles. The van der Waals surface area contributed by atoms with Crippen molar-refractivity contribution in [2.24, 2.45) is 5.14 Å². The molecule has 2 aromatic rings. The van der Waals surface area contributed by atoms with E-state index in [2.05, 4.69) is 29.0 Å². The largest absolute Gasteiger partial charge is 0.371 e. The van der Waals surface area contributed by atoms with Gasteiger partial charge in [0, 0.05) is 25.8 Å². The van der Waals surface area contributed by atoms with Gasteiger partial charge < -0.3 is 10.2 Å². The monoisotopic (exact) mass is 376 g/mol. The molecule has 0 unspecified atom stereocenters. The van der Waals surface area contributed by atoms with Crippen LogP contribution in [0.5, 0.6) is 0 Å². The van der Waals surface area contributed by atoms with E-state index < -0.39 is 10.0 Å². The minimum atomic E-state index is -3.69. The van der Waals surface area contributed by atoms with E-state index in [1.54, 1.807) is 24.5 Å². The Kier molecular flexibility index (Phi) is 6.70. The van der Waals surface area contributed by atoms with Crippen molar-refractivity contribution in [2.75, 3.05) is 24.5 Å². The Morgan fingerprint density at radius 1 is 1.15 bits per heavy atom. The van der Waals surface area contributed by atoms with Gasteiger partial charge in [0.1, 0.15) is 0 Å². The summed E-state index contributed by atoms with van der Waals surface area (Å²) in [7, 11) is -3.69. The molecule has 0 bridgehead atoms. The van der Waals surface area contributed by atoms with Gasteiger partial charge in [-0.05, 0) is 44.0 Å². The number of carbonyl (C=O) groups excluding carboxylic acids is 1. The van der Waals surface area contributed by atoms with Crippen molar-refractivity contribution < 1.29 is 13.2 Å². The van der Waals surface area contributed by atoms with Crippen LogP contribution in [0.2, 0.25) is 0 Å². The first-order valence-corrected chi connectivity index (χ1v) is 9.99. The molecule has 1 aromatic carbocycles. The molecule has 0 radical (unpaired) electrons. The predicted octanol–water partition coefficient (Wildman–Crippen LogP) is 1.55. The quantitative estimate of drug-likeness (QED) is 0.727. The fourth-order valence-electron chi connectivity index (χ4n) is 2.58. The molecular formula is C18H24N4O3S. The summed E-state index contributed by atoms with van der Waals surface area (Å²) in [5, 5.41) is 7.92. The number of aromatic nitrogens is 1. The molecule has 0 spiro atoms. The van der Waals surface area contributed by atoms with Gasteiger partial charge in [-0.2, -0.15) is 0 Å². The smallest absolute Gasteiger partial charge is 0.252 e. The minimum Gasteiger partial charge on any atom is -0.371 e. The number of amides is 1. The van der Waals surface area contributed by atoms with Crippen LogP contribution < -0.4 is 15.4 Å². The van der Waals surface area contributed by atoms with Crippen molar-refractivity contribution in [1.29, 1.82) is 0 Å². The highest BCUT2D eigenvalue weighted by Gasteiger charge is 2.10. The van der Waals surface area contributed by atoms with Crippen LogP contribution in [-0.2, 0) is 16.4 Å². The molecule has 0 fully saturated rings. The van der Waals surface area contributed by atoms with Gasteiger partial charge in [-0.1, -0.05) is 12.1 Å². The Morgan fingerprint density at radius 3 is 2.38 bits per heavy atom. The van der Waals surface area contributed by atoms with Crippen molar-refractivity contribution in [3.8, 4) is 0 Å². The van der Waals surface area contributed by atoms with Gasteiger partial charge in [0.25, 0.3) is 5.91 Å². The summed E-state index contributed by atoms with van der Waals surface area (Å²) in [5.74, 6) is -0.187. The predicted molar refractivity (Wildman–Crippen MR) is 102 cm³/mol. The summed E-state index contributed by atoms with van der Waals surface area (Å²) in [4.78, 5) is 18.7. The lowest BCUT2D eigenvalue weighted by Crippen LogP contribution is -2.27. The Morgan fingerprint density at radius 2 is 1.81 bits per heavy atom. The van der Waals surface area contributed by atoms with Gasteiger partial charge in [0.15, 0.2) is 0 Å². The van der Waals surface area contributed by atoms with Crippen LogP contribution in [0, 0.1) is 0 Å². The van der Waals surface area contributed by atoms with E-state index in [1.807, 2.05) is 6.07 Å². The van der Waals surface area contributed by atoms with Crippen LogP contribution in [0.3, 0.4) is 0 Å². The molecule has 2 rings (SSSR count). The Labute approximate surface area is 154 Å². The fourth-order valence-corrected chi connectivity index (χ4v) is 3.10. The van der Waals surface area contributed by atoms with Gasteiger partial charge in [-0.25, -0.2) is 13.6 Å². The topological polar surface area (TPSA) is 105 Å². The van der Waals surface area contributed by atoms with Crippen molar-refractivity contribution in [3.63, 3.8) is 0 Å². The van der Waals surface area contributed by atoms with E-state index in [-0.39, 0.29) is 10.8 Å². The van der Waals surface area contributed by atoms with E-state index in [0.29, 0.717) is 18.5 Å². The maximum Gasteiger partial charge on any atom is 0.252 e. The number of nitrogens with two attached hydrogens (primary N) is 1. The van der Waals surface area contributed by atoms with E-state index in [4.69, 9.17) is 5.14 Å². The number of nitrogens with zero attached hydrogens (tertiary/aromatic N) is 2. The molecule has 0 saturated heterocycles. The average Bonchev–Trinajstić information content (AvgIpc) is 2.62. The molecule has 140 valence electrons. The van der Waals surface area contributed by atoms with Crippen LogP contribution in [0.25, 0.3) is 0 Å². The lowest BCUT2D eigenvalue weighted by molar-refractivity contribution is 0.0954. The van der Waals surface area contributed by atoms with E-state index in [0.717, 1.165) is 24.3 Å². The van der Waals surface area contributed by atoms with Gasteiger partial charge in [0.2, 0.25) is 10.0 Å². The zero-order valence-corrected chi connectivity index (χ0v) is 15.8. The standard InChI is InChI=1S/C18H24N4O3S/c1-3-22(4-2)16-11-15(12-20-13-16)18(23)21-10-9-14-5-7-17(8-6-14)26(19,24)25/h5-8,11-13H,3-4,9-10H2,1-2H3,(H,21,23)(H2,19,24,25). The van der Waals surface area contributed by atoms with Crippen molar-refractivity contribution in [3.05, 3.63) is 53.9 Å². The molecule has 1 amide bonds. The molecule has 0 aliphatic rings. The first kappa shape index (κ1) is 19.9. The second kappa shape index (κ2) is 8.77. The highest BCUT2D eigenvalue weighted by atomic mass is 32.2. The number of anilines is 1. The number of rotatable bonds is 8. The van der Waals surface area contributed by atoms with Crippen LogP contribution >= 0.6 is 0 Å². The Hall–Kier alpha value is -2.45. The molecule has 0 atom stereocenters. The third-order valence-electron chi connectivity index (χ3n) is 4.07. The highest BCUT2D eigenvalue weighted by molar-refractivity contribution is 7.89. The number of benzene rings is 1. The molecule has 0 aliphatic carbocycles. The fraction of sp³-hybridized carbons (Fsp3) is 0.333. The summed E-state index contributed by atoms with van der Waals surface area (Å²) < 4.78 is 22.5. The number of primary sulfonamides is 1. The van der Waals surface area contributed by atoms with Gasteiger partial charge >= 0.3 is 0 Å². The summed E-state index contributed by atoms with van der Waals surface area (Å²) in [5.41, 5.74) is 2.34. The van der Waals surface area contributed by atoms with Gasteiger partial charge in [0.05, 0.1) is 22.3 Å². The number of pyridine rings is 1. The third-order valence-corrected chi connectivity index (χ3v) is 4.99. The second-order valence-corrected chi connectivity index (χ2v) is 7.36. The Bertz CT molecular complexity index is 847. The van der Waals surface area contributed by atoms with Gasteiger partial charge in [-0.15, -0.1) is 0 Å². The molecule has 3 N–H and O–H groups in total. The summed E-state index contributed by atoms with van der Waals surface area (Å²) in [6, 6.07) is 8.13. The number of carbonyl (C=O) groups is 1. The first-order chi connectivity index (χ1) is 12.3. The van der Waals surface area contributed by atoms with Crippen LogP contribution in [0.15, 0.2) is 47.6 Å². The zero-order valence-electron chi connectivity index (χ0n) is 15.0. The summed E-state index contributed by atoms with van der Waals surface area (Å²) >= 11 is 0.